The molecule has 20 heavy (non-hydrogen) atoms. The van der Waals surface area contributed by atoms with Crippen LogP contribution in [0.3, 0.4) is 0 Å². The molecule has 4 nitrogen and oxygen atoms in total. The molecule has 0 atom stereocenters. The Morgan fingerprint density at radius 1 is 1.15 bits per heavy atom. The van der Waals surface area contributed by atoms with Crippen LogP contribution in [0.25, 0.3) is 5.65 Å². The highest BCUT2D eigenvalue weighted by Crippen LogP contribution is 2.11. The van der Waals surface area contributed by atoms with Gasteiger partial charge in [-0.2, -0.15) is 0 Å². The zero-order chi connectivity index (χ0) is 13.9. The monoisotopic (exact) mass is 266 g/mol. The molecule has 0 saturated heterocycles. The van der Waals surface area contributed by atoms with E-state index >= 15 is 0 Å². The molecular formula is C16H18N4. The van der Waals surface area contributed by atoms with E-state index in [-0.39, 0.29) is 0 Å². The van der Waals surface area contributed by atoms with Crippen molar-refractivity contribution in [3.63, 3.8) is 0 Å². The van der Waals surface area contributed by atoms with E-state index in [1.165, 1.54) is 5.56 Å². The lowest BCUT2D eigenvalue weighted by molar-refractivity contribution is 0.316. The van der Waals surface area contributed by atoms with Crippen molar-refractivity contribution in [3.05, 3.63) is 66.1 Å². The van der Waals surface area contributed by atoms with Gasteiger partial charge in [-0.1, -0.05) is 18.2 Å². The summed E-state index contributed by atoms with van der Waals surface area (Å²) in [5.41, 5.74) is 9.89. The lowest BCUT2D eigenvalue weighted by Gasteiger charge is -2.15. The smallest absolute Gasteiger partial charge is 0.137 e. The Morgan fingerprint density at radius 2 is 2.05 bits per heavy atom. The van der Waals surface area contributed by atoms with Gasteiger partial charge in [-0.05, 0) is 36.9 Å². The second-order valence-electron chi connectivity index (χ2n) is 5.12. The molecule has 0 radical (unpaired) electrons. The number of hydrogen-bond acceptors (Lipinski definition) is 3. The van der Waals surface area contributed by atoms with Crippen molar-refractivity contribution in [2.75, 3.05) is 12.8 Å². The third kappa shape index (κ3) is 2.81. The van der Waals surface area contributed by atoms with Crippen LogP contribution in [-0.4, -0.2) is 21.3 Å². The highest BCUT2D eigenvalue weighted by molar-refractivity contribution is 5.41. The van der Waals surface area contributed by atoms with Crippen LogP contribution in [0, 0.1) is 0 Å². The molecule has 0 bridgehead atoms. The predicted molar refractivity (Wildman–Crippen MR) is 81.2 cm³/mol. The Morgan fingerprint density at radius 3 is 2.85 bits per heavy atom. The molecule has 3 aromatic rings. The van der Waals surface area contributed by atoms with Gasteiger partial charge in [-0.25, -0.2) is 4.98 Å². The number of rotatable bonds is 4. The number of nitrogen functional groups attached to an aromatic ring is 1. The average molecular weight is 266 g/mol. The van der Waals surface area contributed by atoms with E-state index in [9.17, 15) is 0 Å². The van der Waals surface area contributed by atoms with Crippen molar-refractivity contribution >= 4 is 11.3 Å². The minimum absolute atomic E-state index is 0.809. The molecule has 0 aliphatic heterocycles. The van der Waals surface area contributed by atoms with Gasteiger partial charge < -0.3 is 10.1 Å². The molecule has 0 amide bonds. The second-order valence-corrected chi connectivity index (χ2v) is 5.12. The van der Waals surface area contributed by atoms with Crippen LogP contribution < -0.4 is 5.73 Å². The fourth-order valence-electron chi connectivity index (χ4n) is 2.40. The van der Waals surface area contributed by atoms with E-state index in [4.69, 9.17) is 5.73 Å². The Labute approximate surface area is 118 Å². The average Bonchev–Trinajstić information content (AvgIpc) is 2.80. The SMILES string of the molecule is CN(Cc1cccc(N)c1)Cc1cn2ccccc2n1. The quantitative estimate of drug-likeness (QED) is 0.738. The molecule has 0 saturated carbocycles. The van der Waals surface area contributed by atoms with E-state index < -0.39 is 0 Å². The number of hydrogen-bond donors (Lipinski definition) is 1. The minimum atomic E-state index is 0.809. The zero-order valence-electron chi connectivity index (χ0n) is 11.5. The maximum absolute atomic E-state index is 5.80. The van der Waals surface area contributed by atoms with Gasteiger partial charge in [0.15, 0.2) is 0 Å². The van der Waals surface area contributed by atoms with E-state index in [1.54, 1.807) is 0 Å². The van der Waals surface area contributed by atoms with Crippen LogP contribution >= 0.6 is 0 Å². The number of nitrogens with two attached hydrogens (primary N) is 1. The summed E-state index contributed by atoms with van der Waals surface area (Å²) in [4.78, 5) is 6.84. The first-order valence-electron chi connectivity index (χ1n) is 6.66. The lowest BCUT2D eigenvalue weighted by atomic mass is 10.2. The third-order valence-corrected chi connectivity index (χ3v) is 3.25. The Kier molecular flexibility index (Phi) is 3.39. The summed E-state index contributed by atoms with van der Waals surface area (Å²) >= 11 is 0. The topological polar surface area (TPSA) is 46.6 Å². The van der Waals surface area contributed by atoms with E-state index in [1.807, 2.05) is 47.0 Å². The molecule has 102 valence electrons. The molecule has 0 unspecified atom stereocenters. The molecule has 2 heterocycles. The number of nitrogens with zero attached hydrogens (tertiary/aromatic N) is 3. The molecule has 2 N–H and O–H groups in total. The van der Waals surface area contributed by atoms with Gasteiger partial charge in [0.2, 0.25) is 0 Å². The second kappa shape index (κ2) is 5.35. The molecule has 1 aromatic carbocycles. The van der Waals surface area contributed by atoms with Crippen LogP contribution in [-0.2, 0) is 13.1 Å². The van der Waals surface area contributed by atoms with Crippen molar-refractivity contribution in [3.8, 4) is 0 Å². The molecular weight excluding hydrogens is 248 g/mol. The van der Waals surface area contributed by atoms with Gasteiger partial charge in [0.05, 0.1) is 5.69 Å². The number of benzene rings is 1. The Balaban J connectivity index is 1.70. The molecule has 3 rings (SSSR count). The zero-order valence-corrected chi connectivity index (χ0v) is 11.5. The maximum Gasteiger partial charge on any atom is 0.137 e. The fraction of sp³-hybridized carbons (Fsp3) is 0.188. The highest BCUT2D eigenvalue weighted by atomic mass is 15.1. The van der Waals surface area contributed by atoms with Crippen LogP contribution in [0.5, 0.6) is 0 Å². The number of fused-ring (bicyclic) bond motifs is 1. The maximum atomic E-state index is 5.80. The van der Waals surface area contributed by atoms with Crippen molar-refractivity contribution in [1.82, 2.24) is 14.3 Å². The first-order valence-corrected chi connectivity index (χ1v) is 6.66. The first kappa shape index (κ1) is 12.7. The molecule has 0 aliphatic carbocycles. The molecule has 0 fully saturated rings. The van der Waals surface area contributed by atoms with Gasteiger partial charge in [0.25, 0.3) is 0 Å². The number of pyridine rings is 1. The van der Waals surface area contributed by atoms with E-state index in [2.05, 4.69) is 29.2 Å². The summed E-state index contributed by atoms with van der Waals surface area (Å²) in [6, 6.07) is 14.0. The van der Waals surface area contributed by atoms with Gasteiger partial charge >= 0.3 is 0 Å². The molecule has 2 aromatic heterocycles. The van der Waals surface area contributed by atoms with Crippen molar-refractivity contribution < 1.29 is 0 Å². The van der Waals surface area contributed by atoms with Crippen molar-refractivity contribution in [1.29, 1.82) is 0 Å². The van der Waals surface area contributed by atoms with Crippen LogP contribution in [0.4, 0.5) is 5.69 Å². The van der Waals surface area contributed by atoms with Gasteiger partial charge in [-0.15, -0.1) is 0 Å². The van der Waals surface area contributed by atoms with Crippen LogP contribution in [0.1, 0.15) is 11.3 Å². The van der Waals surface area contributed by atoms with Crippen molar-refractivity contribution in [2.24, 2.45) is 0 Å². The first-order chi connectivity index (χ1) is 9.70. The van der Waals surface area contributed by atoms with Gasteiger partial charge in [0.1, 0.15) is 5.65 Å². The Hall–Kier alpha value is -2.33. The summed E-state index contributed by atoms with van der Waals surface area (Å²) in [6.45, 7) is 1.68. The highest BCUT2D eigenvalue weighted by Gasteiger charge is 2.06. The van der Waals surface area contributed by atoms with Gasteiger partial charge in [-0.3, -0.25) is 4.90 Å². The summed E-state index contributed by atoms with van der Waals surface area (Å²) in [7, 11) is 2.09. The number of anilines is 1. The van der Waals surface area contributed by atoms with Gasteiger partial charge in [0, 0.05) is 31.2 Å². The van der Waals surface area contributed by atoms with Crippen LogP contribution in [0.15, 0.2) is 54.9 Å². The standard InChI is InChI=1S/C16H18N4/c1-19(10-13-5-4-6-14(17)9-13)11-15-12-20-8-3-2-7-16(20)18-15/h2-9,12H,10-11,17H2,1H3. The minimum Gasteiger partial charge on any atom is -0.399 e. The largest absolute Gasteiger partial charge is 0.399 e. The fourth-order valence-corrected chi connectivity index (χ4v) is 2.40. The summed E-state index contributed by atoms with van der Waals surface area (Å²) < 4.78 is 2.05. The van der Waals surface area contributed by atoms with E-state index in [0.29, 0.717) is 0 Å². The molecule has 4 heteroatoms. The van der Waals surface area contributed by atoms with E-state index in [0.717, 1.165) is 30.1 Å². The molecule has 0 aliphatic rings. The predicted octanol–water partition coefficient (Wildman–Crippen LogP) is 2.55. The third-order valence-electron chi connectivity index (χ3n) is 3.25. The number of aromatic nitrogens is 2. The summed E-state index contributed by atoms with van der Waals surface area (Å²) in [6.07, 6.45) is 4.09. The summed E-state index contributed by atoms with van der Waals surface area (Å²) in [5.74, 6) is 0. The number of imidazole rings is 1. The molecule has 0 spiro atoms. The normalized spacial score (nSPS) is 11.3. The van der Waals surface area contributed by atoms with Crippen molar-refractivity contribution in [2.45, 2.75) is 13.1 Å². The summed E-state index contributed by atoms with van der Waals surface area (Å²) in [5, 5.41) is 0. The lowest BCUT2D eigenvalue weighted by Crippen LogP contribution is -2.17. The van der Waals surface area contributed by atoms with Crippen LogP contribution in [0.2, 0.25) is 0 Å². The Bertz CT molecular complexity index is 684.